The van der Waals surface area contributed by atoms with E-state index in [9.17, 15) is 14.9 Å². The molecule has 1 aliphatic heterocycles. The molecule has 6 heteroatoms. The number of aryl methyl sites for hydroxylation is 1. The van der Waals surface area contributed by atoms with E-state index in [-0.39, 0.29) is 23.2 Å². The molecule has 0 radical (unpaired) electrons. The molecule has 0 fully saturated rings. The van der Waals surface area contributed by atoms with Crippen molar-refractivity contribution < 1.29 is 9.59 Å². The summed E-state index contributed by atoms with van der Waals surface area (Å²) < 4.78 is 0. The Hall–Kier alpha value is -2.62. The van der Waals surface area contributed by atoms with Crippen LogP contribution >= 0.6 is 23.1 Å². The molecule has 148 valence electrons. The standard InChI is InChI=1S/C23H22N2O2S2/c1-4-16-7-9-17(10-8-16)19(27)13-29-23-18(12-24)22(20-6-5-11-28-20)21(15(3)26)14(2)25-23/h5-11,22,25H,4,13H2,1-3H3. The molecule has 2 heterocycles. The van der Waals surface area contributed by atoms with E-state index in [1.807, 2.05) is 48.7 Å². The molecular weight excluding hydrogens is 400 g/mol. The number of hydrogen-bond donors (Lipinski definition) is 1. The minimum absolute atomic E-state index is 0.0101. The van der Waals surface area contributed by atoms with Crippen LogP contribution < -0.4 is 5.32 Å². The number of nitrogens with one attached hydrogen (secondary N) is 1. The molecule has 1 unspecified atom stereocenters. The average Bonchev–Trinajstić information content (AvgIpc) is 3.25. The molecule has 0 saturated carbocycles. The molecule has 4 nitrogen and oxygen atoms in total. The Morgan fingerprint density at radius 2 is 1.97 bits per heavy atom. The van der Waals surface area contributed by atoms with Gasteiger partial charge in [-0.3, -0.25) is 9.59 Å². The van der Waals surface area contributed by atoms with Gasteiger partial charge in [-0.15, -0.1) is 11.3 Å². The number of carbonyl (C=O) groups excluding carboxylic acids is 2. The number of Topliss-reactive ketones (excluding diaryl/α,β-unsaturated/α-hetero) is 2. The molecule has 1 atom stereocenters. The van der Waals surface area contributed by atoms with E-state index in [1.54, 1.807) is 0 Å². The number of allylic oxidation sites excluding steroid dienone is 3. The van der Waals surface area contributed by atoms with Crippen LogP contribution in [0.1, 0.15) is 47.5 Å². The lowest BCUT2D eigenvalue weighted by molar-refractivity contribution is -0.113. The number of thioether (sulfide) groups is 1. The summed E-state index contributed by atoms with van der Waals surface area (Å²) in [4.78, 5) is 25.9. The van der Waals surface area contributed by atoms with E-state index in [4.69, 9.17) is 0 Å². The first-order chi connectivity index (χ1) is 14.0. The maximum atomic E-state index is 12.6. The summed E-state index contributed by atoms with van der Waals surface area (Å²) in [6, 6.07) is 13.8. The number of nitriles is 1. The molecule has 29 heavy (non-hydrogen) atoms. The van der Waals surface area contributed by atoms with Gasteiger partial charge in [-0.25, -0.2) is 0 Å². The number of thiophene rings is 1. The fourth-order valence-electron chi connectivity index (χ4n) is 3.38. The van der Waals surface area contributed by atoms with Crippen LogP contribution in [0, 0.1) is 11.3 Å². The Labute approximate surface area is 179 Å². The van der Waals surface area contributed by atoms with Crippen molar-refractivity contribution in [2.75, 3.05) is 5.75 Å². The van der Waals surface area contributed by atoms with Gasteiger partial charge >= 0.3 is 0 Å². The van der Waals surface area contributed by atoms with Gasteiger partial charge < -0.3 is 5.32 Å². The van der Waals surface area contributed by atoms with Crippen molar-refractivity contribution in [1.29, 1.82) is 5.26 Å². The van der Waals surface area contributed by atoms with E-state index in [0.29, 0.717) is 21.7 Å². The van der Waals surface area contributed by atoms with Crippen LogP contribution in [0.3, 0.4) is 0 Å². The van der Waals surface area contributed by atoms with Crippen LogP contribution in [-0.2, 0) is 11.2 Å². The second-order valence-corrected chi connectivity index (χ2v) is 8.75. The van der Waals surface area contributed by atoms with Crippen LogP contribution in [0.25, 0.3) is 0 Å². The van der Waals surface area contributed by atoms with Gasteiger partial charge in [0.05, 0.1) is 28.3 Å². The maximum absolute atomic E-state index is 12.6. The average molecular weight is 423 g/mol. The summed E-state index contributed by atoms with van der Waals surface area (Å²) in [6.07, 6.45) is 0.930. The van der Waals surface area contributed by atoms with Crippen LogP contribution in [0.2, 0.25) is 0 Å². The highest BCUT2D eigenvalue weighted by Gasteiger charge is 2.33. The van der Waals surface area contributed by atoms with Crippen molar-refractivity contribution >= 4 is 34.7 Å². The van der Waals surface area contributed by atoms with Gasteiger partial charge in [-0.1, -0.05) is 49.0 Å². The van der Waals surface area contributed by atoms with Crippen LogP contribution in [-0.4, -0.2) is 17.3 Å². The van der Waals surface area contributed by atoms with Gasteiger partial charge in [-0.2, -0.15) is 5.26 Å². The molecular formula is C23H22N2O2S2. The third-order valence-electron chi connectivity index (χ3n) is 4.89. The summed E-state index contributed by atoms with van der Waals surface area (Å²) in [6.45, 7) is 5.45. The zero-order chi connectivity index (χ0) is 21.0. The highest BCUT2D eigenvalue weighted by molar-refractivity contribution is 8.03. The summed E-state index contributed by atoms with van der Waals surface area (Å²) in [7, 11) is 0. The summed E-state index contributed by atoms with van der Waals surface area (Å²) in [5.74, 6) is -0.216. The highest BCUT2D eigenvalue weighted by Crippen LogP contribution is 2.42. The van der Waals surface area contributed by atoms with E-state index in [2.05, 4.69) is 18.3 Å². The largest absolute Gasteiger partial charge is 0.353 e. The van der Waals surface area contributed by atoms with Crippen molar-refractivity contribution in [3.05, 3.63) is 79.7 Å². The SMILES string of the molecule is CCc1ccc(C(=O)CSC2=C(C#N)C(c3cccs3)C(C(C)=O)=C(C)N2)cc1. The van der Waals surface area contributed by atoms with Gasteiger partial charge in [0.25, 0.3) is 0 Å². The van der Waals surface area contributed by atoms with Crippen LogP contribution in [0.15, 0.2) is 63.7 Å². The number of dihydropyridines is 1. The zero-order valence-electron chi connectivity index (χ0n) is 16.6. The van der Waals surface area contributed by atoms with E-state index in [1.165, 1.54) is 35.6 Å². The lowest BCUT2D eigenvalue weighted by atomic mass is 9.85. The lowest BCUT2D eigenvalue weighted by Crippen LogP contribution is -2.27. The molecule has 1 N–H and O–H groups in total. The fourth-order valence-corrected chi connectivity index (χ4v) is 5.21. The number of benzene rings is 1. The summed E-state index contributed by atoms with van der Waals surface area (Å²) >= 11 is 2.84. The normalized spacial score (nSPS) is 16.4. The van der Waals surface area contributed by atoms with Crippen molar-refractivity contribution in [3.63, 3.8) is 0 Å². The number of rotatable bonds is 7. The molecule has 0 aliphatic carbocycles. The molecule has 1 aromatic carbocycles. The molecule has 0 amide bonds. The summed E-state index contributed by atoms with van der Waals surface area (Å²) in [5.41, 5.74) is 3.68. The van der Waals surface area contributed by atoms with Gasteiger partial charge in [0.1, 0.15) is 0 Å². The Balaban J connectivity index is 1.87. The van der Waals surface area contributed by atoms with Crippen molar-refractivity contribution in [3.8, 4) is 6.07 Å². The molecule has 3 rings (SSSR count). The minimum Gasteiger partial charge on any atom is -0.353 e. The Kier molecular flexibility index (Phi) is 6.73. The first kappa shape index (κ1) is 21.1. The Bertz CT molecular complexity index is 1030. The van der Waals surface area contributed by atoms with Gasteiger partial charge in [0, 0.05) is 21.7 Å². The first-order valence-electron chi connectivity index (χ1n) is 9.37. The summed E-state index contributed by atoms with van der Waals surface area (Å²) in [5, 5.41) is 15.7. The molecule has 2 aromatic rings. The predicted octanol–water partition coefficient (Wildman–Crippen LogP) is 5.21. The number of ketones is 2. The first-order valence-corrected chi connectivity index (χ1v) is 11.2. The third kappa shape index (κ3) is 4.52. The molecule has 0 spiro atoms. The lowest BCUT2D eigenvalue weighted by Gasteiger charge is -2.28. The monoisotopic (exact) mass is 422 g/mol. The van der Waals surface area contributed by atoms with Crippen molar-refractivity contribution in [2.24, 2.45) is 0 Å². The van der Waals surface area contributed by atoms with Crippen molar-refractivity contribution in [1.82, 2.24) is 5.32 Å². The molecule has 0 saturated heterocycles. The minimum atomic E-state index is -0.389. The van der Waals surface area contributed by atoms with Gasteiger partial charge in [0.15, 0.2) is 11.6 Å². The van der Waals surface area contributed by atoms with Crippen LogP contribution in [0.5, 0.6) is 0 Å². The maximum Gasteiger partial charge on any atom is 0.173 e. The number of carbonyl (C=O) groups is 2. The Morgan fingerprint density at radius 1 is 1.24 bits per heavy atom. The molecule has 1 aliphatic rings. The molecule has 1 aromatic heterocycles. The number of hydrogen-bond acceptors (Lipinski definition) is 6. The van der Waals surface area contributed by atoms with Gasteiger partial charge in [0.2, 0.25) is 0 Å². The quantitative estimate of drug-likeness (QED) is 0.620. The van der Waals surface area contributed by atoms with Crippen LogP contribution in [0.4, 0.5) is 0 Å². The topological polar surface area (TPSA) is 70.0 Å². The van der Waals surface area contributed by atoms with E-state index < -0.39 is 0 Å². The third-order valence-corrected chi connectivity index (χ3v) is 6.84. The number of nitrogens with zero attached hydrogens (tertiary/aromatic N) is 1. The second-order valence-electron chi connectivity index (χ2n) is 6.79. The zero-order valence-corrected chi connectivity index (χ0v) is 18.2. The highest BCUT2D eigenvalue weighted by atomic mass is 32.2. The second kappa shape index (κ2) is 9.25. The molecule has 0 bridgehead atoms. The van der Waals surface area contributed by atoms with Crippen molar-refractivity contribution in [2.45, 2.75) is 33.1 Å². The smallest absolute Gasteiger partial charge is 0.173 e. The fraction of sp³-hybridized carbons (Fsp3) is 0.261. The van der Waals surface area contributed by atoms with E-state index in [0.717, 1.165) is 17.0 Å². The van der Waals surface area contributed by atoms with E-state index >= 15 is 0 Å². The van der Waals surface area contributed by atoms with Gasteiger partial charge in [-0.05, 0) is 37.3 Å². The predicted molar refractivity (Wildman–Crippen MR) is 119 cm³/mol. The Morgan fingerprint density at radius 3 is 2.52 bits per heavy atom.